The third kappa shape index (κ3) is 8.73. The van der Waals surface area contributed by atoms with E-state index in [-0.39, 0.29) is 0 Å². The molecule has 0 aliphatic carbocycles. The fourth-order valence-electron chi connectivity index (χ4n) is 0.610. The number of hydrogen-bond acceptors (Lipinski definition) is 2. The summed E-state index contributed by atoms with van der Waals surface area (Å²) in [5.41, 5.74) is 0.903. The molecule has 0 bridgehead atoms. The predicted molar refractivity (Wildman–Crippen MR) is 59.6 cm³/mol. The Bertz CT molecular complexity index is 193. The lowest BCUT2D eigenvalue weighted by Gasteiger charge is -1.85. The molecule has 1 rings (SSSR count). The molecule has 1 aromatic carbocycles. The quantitative estimate of drug-likeness (QED) is 0.570. The Morgan fingerprint density at radius 2 is 1.31 bits per heavy atom. The monoisotopic (exact) mass is 180 g/mol. The zero-order chi connectivity index (χ0) is 10.5. The minimum atomic E-state index is 0.903. The van der Waals surface area contributed by atoms with Crippen molar-refractivity contribution in [3.05, 3.63) is 30.3 Å². The Kier molecular flexibility index (Phi) is 14.8. The van der Waals surface area contributed by atoms with Crippen molar-refractivity contribution >= 4 is 5.69 Å². The van der Waals surface area contributed by atoms with Gasteiger partial charge in [-0.15, -0.1) is 0 Å². The average Bonchev–Trinajstić information content (AvgIpc) is 2.26. The standard InChI is InChI=1S/C7H8N2.2C2H6/c1-8-9-7-5-3-2-4-6-7;2*1-2/h2-6H,1H3;2*1-2H3. The van der Waals surface area contributed by atoms with Gasteiger partial charge in [-0.1, -0.05) is 45.9 Å². The highest BCUT2D eigenvalue weighted by molar-refractivity contribution is 5.34. The van der Waals surface area contributed by atoms with Gasteiger partial charge in [-0.25, -0.2) is 0 Å². The number of azo groups is 1. The van der Waals surface area contributed by atoms with Crippen molar-refractivity contribution in [3.8, 4) is 0 Å². The zero-order valence-electron chi connectivity index (χ0n) is 9.28. The molecule has 2 nitrogen and oxygen atoms in total. The molecule has 0 N–H and O–H groups in total. The molecule has 0 heterocycles. The van der Waals surface area contributed by atoms with Crippen molar-refractivity contribution in [1.82, 2.24) is 0 Å². The van der Waals surface area contributed by atoms with E-state index in [2.05, 4.69) is 10.2 Å². The van der Waals surface area contributed by atoms with E-state index in [0.29, 0.717) is 0 Å². The van der Waals surface area contributed by atoms with Gasteiger partial charge in [0.25, 0.3) is 0 Å². The van der Waals surface area contributed by atoms with Gasteiger partial charge in [0.05, 0.1) is 5.69 Å². The molecule has 0 spiro atoms. The molecule has 2 heteroatoms. The molecule has 0 aromatic heterocycles. The summed E-state index contributed by atoms with van der Waals surface area (Å²) < 4.78 is 0. The van der Waals surface area contributed by atoms with E-state index >= 15 is 0 Å². The van der Waals surface area contributed by atoms with Crippen molar-refractivity contribution in [2.24, 2.45) is 10.2 Å². The van der Waals surface area contributed by atoms with Gasteiger partial charge in [0.2, 0.25) is 0 Å². The van der Waals surface area contributed by atoms with Gasteiger partial charge in [0.15, 0.2) is 0 Å². The number of rotatable bonds is 1. The normalized spacial score (nSPS) is 8.08. The molecule has 0 amide bonds. The Labute approximate surface area is 81.7 Å². The topological polar surface area (TPSA) is 24.7 Å². The van der Waals surface area contributed by atoms with Crippen molar-refractivity contribution in [3.63, 3.8) is 0 Å². The molecular formula is C11H20N2. The summed E-state index contributed by atoms with van der Waals surface area (Å²) >= 11 is 0. The van der Waals surface area contributed by atoms with Crippen LogP contribution >= 0.6 is 0 Å². The van der Waals surface area contributed by atoms with E-state index in [4.69, 9.17) is 0 Å². The van der Waals surface area contributed by atoms with Gasteiger partial charge in [0, 0.05) is 7.05 Å². The Balaban J connectivity index is 0. The van der Waals surface area contributed by atoms with Crippen LogP contribution in [0.15, 0.2) is 40.6 Å². The molecule has 0 aliphatic heterocycles. The molecule has 0 fully saturated rings. The highest BCUT2D eigenvalue weighted by atomic mass is 15.1. The van der Waals surface area contributed by atoms with Crippen LogP contribution in [0, 0.1) is 0 Å². The second-order valence-corrected chi connectivity index (χ2v) is 1.64. The summed E-state index contributed by atoms with van der Waals surface area (Å²) in [6.45, 7) is 8.00. The van der Waals surface area contributed by atoms with E-state index < -0.39 is 0 Å². The molecule has 74 valence electrons. The fraction of sp³-hybridized carbons (Fsp3) is 0.455. The van der Waals surface area contributed by atoms with Crippen molar-refractivity contribution in [2.75, 3.05) is 7.05 Å². The lowest BCUT2D eigenvalue weighted by atomic mass is 10.3. The maximum atomic E-state index is 3.83. The second-order valence-electron chi connectivity index (χ2n) is 1.64. The molecule has 0 saturated heterocycles. The minimum absolute atomic E-state index is 0.903. The molecule has 0 atom stereocenters. The van der Waals surface area contributed by atoms with Gasteiger partial charge >= 0.3 is 0 Å². The van der Waals surface area contributed by atoms with Crippen LogP contribution in [-0.4, -0.2) is 7.05 Å². The molecule has 0 saturated carbocycles. The summed E-state index contributed by atoms with van der Waals surface area (Å²) in [6, 6.07) is 9.64. The molecule has 1 aromatic rings. The number of benzene rings is 1. The third-order valence-electron chi connectivity index (χ3n) is 0.972. The van der Waals surface area contributed by atoms with E-state index in [0.717, 1.165) is 5.69 Å². The molecule has 0 aliphatic rings. The van der Waals surface area contributed by atoms with Gasteiger partial charge in [0.1, 0.15) is 0 Å². The van der Waals surface area contributed by atoms with Crippen molar-refractivity contribution in [1.29, 1.82) is 0 Å². The Morgan fingerprint density at radius 1 is 0.846 bits per heavy atom. The van der Waals surface area contributed by atoms with Crippen molar-refractivity contribution < 1.29 is 0 Å². The van der Waals surface area contributed by atoms with Crippen LogP contribution in [-0.2, 0) is 0 Å². The van der Waals surface area contributed by atoms with E-state index in [1.807, 2.05) is 58.0 Å². The van der Waals surface area contributed by atoms with Crippen LogP contribution in [0.2, 0.25) is 0 Å². The summed E-state index contributed by atoms with van der Waals surface area (Å²) in [5, 5.41) is 7.46. The van der Waals surface area contributed by atoms with Crippen LogP contribution in [0.1, 0.15) is 27.7 Å². The van der Waals surface area contributed by atoms with E-state index in [1.165, 1.54) is 0 Å². The van der Waals surface area contributed by atoms with Gasteiger partial charge in [-0.2, -0.15) is 10.2 Å². The fourth-order valence-corrected chi connectivity index (χ4v) is 0.610. The lowest BCUT2D eigenvalue weighted by molar-refractivity contribution is 1.17. The average molecular weight is 180 g/mol. The van der Waals surface area contributed by atoms with E-state index in [9.17, 15) is 0 Å². The van der Waals surface area contributed by atoms with Crippen LogP contribution in [0.4, 0.5) is 5.69 Å². The third-order valence-corrected chi connectivity index (χ3v) is 0.972. The molecular weight excluding hydrogens is 160 g/mol. The van der Waals surface area contributed by atoms with Crippen molar-refractivity contribution in [2.45, 2.75) is 27.7 Å². The summed E-state index contributed by atoms with van der Waals surface area (Å²) in [7, 11) is 1.66. The van der Waals surface area contributed by atoms with Gasteiger partial charge < -0.3 is 0 Å². The first kappa shape index (κ1) is 14.3. The lowest BCUT2D eigenvalue weighted by Crippen LogP contribution is -1.58. The van der Waals surface area contributed by atoms with Gasteiger partial charge in [-0.05, 0) is 12.1 Å². The first-order chi connectivity index (χ1) is 6.43. The Hall–Kier alpha value is -1.18. The predicted octanol–water partition coefficient (Wildman–Crippen LogP) is 4.45. The molecule has 13 heavy (non-hydrogen) atoms. The van der Waals surface area contributed by atoms with Crippen LogP contribution < -0.4 is 0 Å². The van der Waals surface area contributed by atoms with Crippen LogP contribution in [0.5, 0.6) is 0 Å². The maximum absolute atomic E-state index is 3.83. The zero-order valence-corrected chi connectivity index (χ0v) is 9.28. The van der Waals surface area contributed by atoms with E-state index in [1.54, 1.807) is 7.05 Å². The van der Waals surface area contributed by atoms with Crippen LogP contribution in [0.25, 0.3) is 0 Å². The first-order valence-electron chi connectivity index (χ1n) is 4.78. The molecule has 0 unspecified atom stereocenters. The summed E-state index contributed by atoms with van der Waals surface area (Å²) in [6.07, 6.45) is 0. The molecule has 0 radical (unpaired) electrons. The first-order valence-corrected chi connectivity index (χ1v) is 4.78. The highest BCUT2D eigenvalue weighted by Crippen LogP contribution is 2.08. The summed E-state index contributed by atoms with van der Waals surface area (Å²) in [4.78, 5) is 0. The van der Waals surface area contributed by atoms with Gasteiger partial charge in [-0.3, -0.25) is 0 Å². The Morgan fingerprint density at radius 3 is 1.69 bits per heavy atom. The smallest absolute Gasteiger partial charge is 0.0852 e. The number of nitrogens with zero attached hydrogens (tertiary/aromatic N) is 2. The van der Waals surface area contributed by atoms with Crippen LogP contribution in [0.3, 0.4) is 0 Å². The largest absolute Gasteiger partial charge is 0.192 e. The maximum Gasteiger partial charge on any atom is 0.0852 e. The minimum Gasteiger partial charge on any atom is -0.192 e. The summed E-state index contributed by atoms with van der Waals surface area (Å²) in [5.74, 6) is 0. The SMILES string of the molecule is CC.CC.CN=Nc1ccccc1. The highest BCUT2D eigenvalue weighted by Gasteiger charge is 1.80. The second kappa shape index (κ2) is 13.4. The number of hydrogen-bond donors (Lipinski definition) is 0.